The van der Waals surface area contributed by atoms with Gasteiger partial charge in [-0.2, -0.15) is 0 Å². The van der Waals surface area contributed by atoms with Crippen LogP contribution >= 0.6 is 11.8 Å². The van der Waals surface area contributed by atoms with E-state index in [0.717, 1.165) is 4.90 Å². The van der Waals surface area contributed by atoms with E-state index in [2.05, 4.69) is 15.4 Å². The SMILES string of the molecule is COC(=O)N(C)c1ccc(NC(=O)c2ccc3c(c2)NC(=O)[C@H](C)S3)cc1. The summed E-state index contributed by atoms with van der Waals surface area (Å²) in [5.41, 5.74) is 2.32. The molecule has 8 heteroatoms. The topological polar surface area (TPSA) is 87.7 Å². The minimum absolute atomic E-state index is 0.0737. The largest absolute Gasteiger partial charge is 0.452 e. The fraction of sp³-hybridized carbons (Fsp3) is 0.211. The summed E-state index contributed by atoms with van der Waals surface area (Å²) in [4.78, 5) is 38.1. The minimum Gasteiger partial charge on any atom is -0.452 e. The second-order valence-electron chi connectivity index (χ2n) is 5.99. The number of hydrogen-bond acceptors (Lipinski definition) is 5. The number of nitrogens with one attached hydrogen (secondary N) is 2. The lowest BCUT2D eigenvalue weighted by Gasteiger charge is -2.21. The first-order chi connectivity index (χ1) is 12.9. The monoisotopic (exact) mass is 385 g/mol. The van der Waals surface area contributed by atoms with Crippen LogP contribution in [0.25, 0.3) is 0 Å². The quantitative estimate of drug-likeness (QED) is 0.843. The van der Waals surface area contributed by atoms with Crippen molar-refractivity contribution in [3.63, 3.8) is 0 Å². The maximum atomic E-state index is 12.5. The lowest BCUT2D eigenvalue weighted by Crippen LogP contribution is -2.26. The Morgan fingerprint density at radius 2 is 1.89 bits per heavy atom. The molecule has 1 aliphatic heterocycles. The number of carbonyl (C=O) groups excluding carboxylic acids is 3. The van der Waals surface area contributed by atoms with Gasteiger partial charge in [0.15, 0.2) is 0 Å². The Morgan fingerprint density at radius 1 is 1.19 bits per heavy atom. The molecule has 2 aromatic carbocycles. The summed E-state index contributed by atoms with van der Waals surface area (Å²) in [5.74, 6) is -0.361. The maximum absolute atomic E-state index is 12.5. The van der Waals surface area contributed by atoms with E-state index in [4.69, 9.17) is 0 Å². The van der Waals surface area contributed by atoms with E-state index in [1.54, 1.807) is 43.4 Å². The van der Waals surface area contributed by atoms with Crippen LogP contribution < -0.4 is 15.5 Å². The van der Waals surface area contributed by atoms with Crippen LogP contribution in [0.3, 0.4) is 0 Å². The third-order valence-electron chi connectivity index (χ3n) is 4.13. The smallest absolute Gasteiger partial charge is 0.413 e. The van der Waals surface area contributed by atoms with Crippen molar-refractivity contribution in [2.45, 2.75) is 17.1 Å². The number of hydrogen-bond donors (Lipinski definition) is 2. The molecule has 0 fully saturated rings. The number of methoxy groups -OCH3 is 1. The lowest BCUT2D eigenvalue weighted by molar-refractivity contribution is -0.115. The molecule has 140 valence electrons. The number of ether oxygens (including phenoxy) is 1. The van der Waals surface area contributed by atoms with Crippen LogP contribution in [-0.4, -0.2) is 37.3 Å². The van der Waals surface area contributed by atoms with Gasteiger partial charge in [0.2, 0.25) is 5.91 Å². The van der Waals surface area contributed by atoms with Crippen LogP contribution in [0.15, 0.2) is 47.4 Å². The highest BCUT2D eigenvalue weighted by Gasteiger charge is 2.23. The summed E-state index contributed by atoms with van der Waals surface area (Å²) < 4.78 is 4.66. The predicted molar refractivity (Wildman–Crippen MR) is 106 cm³/mol. The van der Waals surface area contributed by atoms with Gasteiger partial charge in [0.05, 0.1) is 18.0 Å². The fourth-order valence-electron chi connectivity index (χ4n) is 2.56. The molecule has 2 N–H and O–H groups in total. The van der Waals surface area contributed by atoms with E-state index in [0.29, 0.717) is 22.6 Å². The molecule has 0 radical (unpaired) electrons. The molecule has 27 heavy (non-hydrogen) atoms. The molecule has 0 saturated carbocycles. The Balaban J connectivity index is 1.71. The van der Waals surface area contributed by atoms with Crippen molar-refractivity contribution in [2.75, 3.05) is 29.7 Å². The third kappa shape index (κ3) is 4.06. The molecular weight excluding hydrogens is 366 g/mol. The zero-order valence-electron chi connectivity index (χ0n) is 15.1. The Kier molecular flexibility index (Phi) is 5.36. The third-order valence-corrected chi connectivity index (χ3v) is 5.31. The zero-order chi connectivity index (χ0) is 19.6. The highest BCUT2D eigenvalue weighted by Crippen LogP contribution is 2.36. The van der Waals surface area contributed by atoms with E-state index in [9.17, 15) is 14.4 Å². The van der Waals surface area contributed by atoms with Gasteiger partial charge in [0.25, 0.3) is 5.91 Å². The molecule has 0 unspecified atom stereocenters. The van der Waals surface area contributed by atoms with Crippen LogP contribution in [0.2, 0.25) is 0 Å². The standard InChI is InChI=1S/C19H19N3O4S/c1-11-17(23)21-15-10-12(4-9-16(15)27-11)18(24)20-13-5-7-14(8-6-13)22(2)19(25)26-3/h4-11H,1-3H3,(H,20,24)(H,21,23)/t11-/m0/s1. The maximum Gasteiger partial charge on any atom is 0.413 e. The van der Waals surface area contributed by atoms with E-state index >= 15 is 0 Å². The van der Waals surface area contributed by atoms with E-state index in [1.165, 1.54) is 23.8 Å². The lowest BCUT2D eigenvalue weighted by atomic mass is 10.1. The number of nitrogens with zero attached hydrogens (tertiary/aromatic N) is 1. The summed E-state index contributed by atoms with van der Waals surface area (Å²) in [6.07, 6.45) is -0.477. The van der Waals surface area contributed by atoms with Gasteiger partial charge in [-0.3, -0.25) is 14.5 Å². The number of thioether (sulfide) groups is 1. The van der Waals surface area contributed by atoms with Gasteiger partial charge in [-0.25, -0.2) is 4.79 Å². The van der Waals surface area contributed by atoms with Gasteiger partial charge in [0.1, 0.15) is 0 Å². The number of amides is 3. The predicted octanol–water partition coefficient (Wildman–Crippen LogP) is 3.57. The molecule has 0 aliphatic carbocycles. The van der Waals surface area contributed by atoms with Gasteiger partial charge in [-0.05, 0) is 49.4 Å². The van der Waals surface area contributed by atoms with Gasteiger partial charge in [-0.15, -0.1) is 11.8 Å². The van der Waals surface area contributed by atoms with Crippen molar-refractivity contribution in [2.24, 2.45) is 0 Å². The molecule has 1 aliphatic rings. The summed E-state index contributed by atoms with van der Waals surface area (Å²) in [6, 6.07) is 12.0. The molecule has 1 heterocycles. The summed E-state index contributed by atoms with van der Waals surface area (Å²) in [7, 11) is 2.91. The summed E-state index contributed by atoms with van der Waals surface area (Å²) in [5, 5.41) is 5.46. The van der Waals surface area contributed by atoms with Gasteiger partial charge in [-0.1, -0.05) is 0 Å². The highest BCUT2D eigenvalue weighted by molar-refractivity contribution is 8.00. The van der Waals surface area contributed by atoms with Crippen molar-refractivity contribution in [3.8, 4) is 0 Å². The van der Waals surface area contributed by atoms with Gasteiger partial charge >= 0.3 is 6.09 Å². The molecule has 0 saturated heterocycles. The molecule has 0 aromatic heterocycles. The average Bonchev–Trinajstić information content (AvgIpc) is 2.68. The number of benzene rings is 2. The van der Waals surface area contributed by atoms with Crippen LogP contribution in [-0.2, 0) is 9.53 Å². The highest BCUT2D eigenvalue weighted by atomic mass is 32.2. The van der Waals surface area contributed by atoms with Crippen LogP contribution in [0.1, 0.15) is 17.3 Å². The minimum atomic E-state index is -0.477. The second-order valence-corrected chi connectivity index (χ2v) is 7.37. The normalized spacial score (nSPS) is 15.4. The number of fused-ring (bicyclic) bond motifs is 1. The fourth-order valence-corrected chi connectivity index (χ4v) is 3.49. The Morgan fingerprint density at radius 3 is 2.56 bits per heavy atom. The molecule has 3 rings (SSSR count). The molecule has 1 atom stereocenters. The Hall–Kier alpha value is -3.00. The molecule has 3 amide bonds. The first-order valence-corrected chi connectivity index (χ1v) is 9.11. The average molecular weight is 385 g/mol. The van der Waals surface area contributed by atoms with E-state index in [1.807, 2.05) is 13.0 Å². The van der Waals surface area contributed by atoms with Gasteiger partial charge < -0.3 is 15.4 Å². The van der Waals surface area contributed by atoms with Gasteiger partial charge in [0, 0.05) is 28.9 Å². The van der Waals surface area contributed by atoms with Crippen molar-refractivity contribution in [1.29, 1.82) is 0 Å². The first kappa shape index (κ1) is 18.8. The number of anilines is 3. The molecular formula is C19H19N3O4S. The zero-order valence-corrected chi connectivity index (χ0v) is 15.9. The first-order valence-electron chi connectivity index (χ1n) is 8.23. The number of rotatable bonds is 3. The molecule has 0 spiro atoms. The number of carbonyl (C=O) groups is 3. The van der Waals surface area contributed by atoms with Crippen LogP contribution in [0.5, 0.6) is 0 Å². The van der Waals surface area contributed by atoms with Crippen molar-refractivity contribution >= 4 is 46.7 Å². The van der Waals surface area contributed by atoms with E-state index < -0.39 is 6.09 Å². The van der Waals surface area contributed by atoms with E-state index in [-0.39, 0.29) is 17.1 Å². The second kappa shape index (κ2) is 7.71. The van der Waals surface area contributed by atoms with Crippen molar-refractivity contribution < 1.29 is 19.1 Å². The molecule has 2 aromatic rings. The van der Waals surface area contributed by atoms with Crippen LogP contribution in [0.4, 0.5) is 21.9 Å². The summed E-state index contributed by atoms with van der Waals surface area (Å²) in [6.45, 7) is 1.84. The van der Waals surface area contributed by atoms with Crippen molar-refractivity contribution in [1.82, 2.24) is 0 Å². The van der Waals surface area contributed by atoms with Crippen molar-refractivity contribution in [3.05, 3.63) is 48.0 Å². The molecule has 0 bridgehead atoms. The Labute approximate surface area is 161 Å². The molecule has 7 nitrogen and oxygen atoms in total. The Bertz CT molecular complexity index is 898. The van der Waals surface area contributed by atoms with Crippen LogP contribution in [0, 0.1) is 0 Å². The summed E-state index contributed by atoms with van der Waals surface area (Å²) >= 11 is 1.47.